The zero-order valence-electron chi connectivity index (χ0n) is 10.3. The number of phenols is 1. The number of aryl methyl sites for hydroxylation is 1. The van der Waals surface area contributed by atoms with Crippen LogP contribution in [0.4, 0.5) is 0 Å². The van der Waals surface area contributed by atoms with Gasteiger partial charge in [0, 0.05) is 0 Å². The van der Waals surface area contributed by atoms with Crippen LogP contribution in [-0.2, 0) is 0 Å². The molecule has 0 aliphatic carbocycles. The summed E-state index contributed by atoms with van der Waals surface area (Å²) in [5.41, 5.74) is 3.43. The molecule has 1 heterocycles. The summed E-state index contributed by atoms with van der Waals surface area (Å²) in [5.74, 6) is 0.519. The number of H-pyrrole nitrogens is 1. The SMILES string of the molecule is Cc1cc(C=O)c(O)c(-c2nc3ccccc3[nH]2)c1. The zero-order chi connectivity index (χ0) is 13.4. The first kappa shape index (κ1) is 11.5. The highest BCUT2D eigenvalue weighted by Gasteiger charge is 2.13. The van der Waals surface area contributed by atoms with E-state index < -0.39 is 0 Å². The number of hydrogen-bond donors (Lipinski definition) is 2. The van der Waals surface area contributed by atoms with Gasteiger partial charge in [-0.05, 0) is 36.8 Å². The highest BCUT2D eigenvalue weighted by atomic mass is 16.3. The van der Waals surface area contributed by atoms with E-state index in [1.807, 2.05) is 31.2 Å². The number of phenolic OH excluding ortho intramolecular Hbond substituents is 1. The van der Waals surface area contributed by atoms with Crippen molar-refractivity contribution in [1.29, 1.82) is 0 Å². The number of fused-ring (bicyclic) bond motifs is 1. The predicted molar refractivity (Wildman–Crippen MR) is 73.3 cm³/mol. The number of nitrogens with one attached hydrogen (secondary N) is 1. The molecular formula is C15H12N2O2. The van der Waals surface area contributed by atoms with E-state index in [1.165, 1.54) is 0 Å². The lowest BCUT2D eigenvalue weighted by Gasteiger charge is -2.05. The number of aromatic nitrogens is 2. The Kier molecular flexibility index (Phi) is 2.56. The molecule has 0 unspecified atom stereocenters. The average molecular weight is 252 g/mol. The van der Waals surface area contributed by atoms with Crippen LogP contribution in [0.3, 0.4) is 0 Å². The van der Waals surface area contributed by atoms with Crippen LogP contribution < -0.4 is 0 Å². The Bertz CT molecular complexity index is 742. The van der Waals surface area contributed by atoms with Gasteiger partial charge in [-0.1, -0.05) is 12.1 Å². The molecule has 1 aromatic heterocycles. The normalized spacial score (nSPS) is 10.8. The van der Waals surface area contributed by atoms with Gasteiger partial charge in [0.05, 0.1) is 22.2 Å². The maximum Gasteiger partial charge on any atom is 0.153 e. The maximum absolute atomic E-state index is 10.9. The summed E-state index contributed by atoms with van der Waals surface area (Å²) < 4.78 is 0. The van der Waals surface area contributed by atoms with Crippen LogP contribution in [-0.4, -0.2) is 21.4 Å². The second-order valence-corrected chi connectivity index (χ2v) is 4.47. The number of benzene rings is 2. The van der Waals surface area contributed by atoms with E-state index in [0.717, 1.165) is 16.6 Å². The van der Waals surface area contributed by atoms with Crippen molar-refractivity contribution in [2.24, 2.45) is 0 Å². The van der Waals surface area contributed by atoms with Gasteiger partial charge in [0.1, 0.15) is 11.6 Å². The van der Waals surface area contributed by atoms with Crippen LogP contribution in [0.5, 0.6) is 5.75 Å². The fourth-order valence-electron chi connectivity index (χ4n) is 2.16. The van der Waals surface area contributed by atoms with Crippen molar-refractivity contribution in [3.8, 4) is 17.1 Å². The summed E-state index contributed by atoms with van der Waals surface area (Å²) in [6.07, 6.45) is 0.647. The number of aldehydes is 1. The highest BCUT2D eigenvalue weighted by molar-refractivity contribution is 5.87. The Hall–Kier alpha value is -2.62. The summed E-state index contributed by atoms with van der Waals surface area (Å²) in [7, 11) is 0. The Labute approximate surface area is 109 Å². The molecule has 0 fully saturated rings. The minimum absolute atomic E-state index is 0.0420. The first-order valence-corrected chi connectivity index (χ1v) is 5.93. The molecule has 0 amide bonds. The van der Waals surface area contributed by atoms with Crippen molar-refractivity contribution in [3.63, 3.8) is 0 Å². The van der Waals surface area contributed by atoms with Gasteiger partial charge in [-0.15, -0.1) is 0 Å². The van der Waals surface area contributed by atoms with Crippen molar-refractivity contribution >= 4 is 17.3 Å². The number of hydrogen-bond acceptors (Lipinski definition) is 3. The number of para-hydroxylation sites is 2. The highest BCUT2D eigenvalue weighted by Crippen LogP contribution is 2.32. The topological polar surface area (TPSA) is 66.0 Å². The molecule has 0 atom stereocenters. The van der Waals surface area contributed by atoms with E-state index in [1.54, 1.807) is 12.1 Å². The lowest BCUT2D eigenvalue weighted by atomic mass is 10.1. The number of rotatable bonds is 2. The molecule has 0 spiro atoms. The van der Waals surface area contributed by atoms with Gasteiger partial charge in [0.25, 0.3) is 0 Å². The number of carbonyl (C=O) groups is 1. The minimum Gasteiger partial charge on any atom is -0.506 e. The second kappa shape index (κ2) is 4.24. The summed E-state index contributed by atoms with van der Waals surface area (Å²) in [5, 5.41) is 10.1. The molecule has 4 heteroatoms. The largest absolute Gasteiger partial charge is 0.506 e. The number of aromatic hydroxyl groups is 1. The molecule has 0 aliphatic heterocycles. The lowest BCUT2D eigenvalue weighted by molar-refractivity contribution is 0.112. The van der Waals surface area contributed by atoms with Gasteiger partial charge in [0.15, 0.2) is 6.29 Å². The fraction of sp³-hybridized carbons (Fsp3) is 0.0667. The summed E-state index contributed by atoms with van der Waals surface area (Å²) in [6.45, 7) is 1.87. The average Bonchev–Trinajstić information content (AvgIpc) is 2.84. The molecule has 2 aromatic carbocycles. The van der Waals surface area contributed by atoms with Crippen LogP contribution >= 0.6 is 0 Å². The molecule has 2 N–H and O–H groups in total. The first-order chi connectivity index (χ1) is 9.19. The molecule has 0 saturated heterocycles. The summed E-state index contributed by atoms with van der Waals surface area (Å²) in [6, 6.07) is 11.1. The molecule has 0 bridgehead atoms. The molecular weight excluding hydrogens is 240 g/mol. The van der Waals surface area contributed by atoms with E-state index in [9.17, 15) is 9.90 Å². The molecule has 0 saturated carbocycles. The Balaban J connectivity index is 2.26. The molecule has 0 radical (unpaired) electrons. The van der Waals surface area contributed by atoms with Crippen LogP contribution in [0.25, 0.3) is 22.4 Å². The molecule has 19 heavy (non-hydrogen) atoms. The summed E-state index contributed by atoms with van der Waals surface area (Å²) in [4.78, 5) is 18.5. The molecule has 4 nitrogen and oxygen atoms in total. The van der Waals surface area contributed by atoms with Crippen molar-refractivity contribution in [3.05, 3.63) is 47.5 Å². The first-order valence-electron chi connectivity index (χ1n) is 5.93. The minimum atomic E-state index is -0.0420. The van der Waals surface area contributed by atoms with Gasteiger partial charge < -0.3 is 10.1 Å². The van der Waals surface area contributed by atoms with Crippen molar-refractivity contribution < 1.29 is 9.90 Å². The fourth-order valence-corrected chi connectivity index (χ4v) is 2.16. The van der Waals surface area contributed by atoms with Gasteiger partial charge in [-0.25, -0.2) is 4.98 Å². The van der Waals surface area contributed by atoms with Gasteiger partial charge in [0.2, 0.25) is 0 Å². The number of carbonyl (C=O) groups excluding carboxylic acids is 1. The quantitative estimate of drug-likeness (QED) is 0.689. The molecule has 0 aliphatic rings. The van der Waals surface area contributed by atoms with Crippen LogP contribution in [0.2, 0.25) is 0 Å². The van der Waals surface area contributed by atoms with Crippen molar-refractivity contribution in [1.82, 2.24) is 9.97 Å². The van der Waals surface area contributed by atoms with Crippen molar-refractivity contribution in [2.75, 3.05) is 0 Å². The Morgan fingerprint density at radius 3 is 2.79 bits per heavy atom. The van der Waals surface area contributed by atoms with E-state index in [-0.39, 0.29) is 11.3 Å². The van der Waals surface area contributed by atoms with E-state index in [4.69, 9.17) is 0 Å². The molecule has 94 valence electrons. The third-order valence-electron chi connectivity index (χ3n) is 3.06. The maximum atomic E-state index is 10.9. The predicted octanol–water partition coefficient (Wildman–Crippen LogP) is 3.06. The molecule has 3 aromatic rings. The third-order valence-corrected chi connectivity index (χ3v) is 3.06. The second-order valence-electron chi connectivity index (χ2n) is 4.47. The van der Waals surface area contributed by atoms with E-state index >= 15 is 0 Å². The zero-order valence-corrected chi connectivity index (χ0v) is 10.3. The van der Waals surface area contributed by atoms with Gasteiger partial charge in [-0.2, -0.15) is 0 Å². The van der Waals surface area contributed by atoms with Gasteiger partial charge >= 0.3 is 0 Å². The lowest BCUT2D eigenvalue weighted by Crippen LogP contribution is -1.89. The smallest absolute Gasteiger partial charge is 0.153 e. The van der Waals surface area contributed by atoms with Crippen LogP contribution in [0.1, 0.15) is 15.9 Å². The van der Waals surface area contributed by atoms with Crippen LogP contribution in [0, 0.1) is 6.92 Å². The third kappa shape index (κ3) is 1.87. The number of imidazole rings is 1. The van der Waals surface area contributed by atoms with Crippen LogP contribution in [0.15, 0.2) is 36.4 Å². The van der Waals surface area contributed by atoms with E-state index in [2.05, 4.69) is 9.97 Å². The Morgan fingerprint density at radius 1 is 1.26 bits per heavy atom. The van der Waals surface area contributed by atoms with E-state index in [0.29, 0.717) is 17.7 Å². The standard InChI is InChI=1S/C15H12N2O2/c1-9-6-10(8-18)14(19)11(7-9)15-16-12-4-2-3-5-13(12)17-15/h2-8,19H,1H3,(H,16,17). The number of nitrogens with zero attached hydrogens (tertiary/aromatic N) is 1. The monoisotopic (exact) mass is 252 g/mol. The Morgan fingerprint density at radius 2 is 2.05 bits per heavy atom. The molecule has 3 rings (SSSR count). The van der Waals surface area contributed by atoms with Crippen molar-refractivity contribution in [2.45, 2.75) is 6.92 Å². The summed E-state index contributed by atoms with van der Waals surface area (Å²) >= 11 is 0. The van der Waals surface area contributed by atoms with Gasteiger partial charge in [-0.3, -0.25) is 4.79 Å². The number of aromatic amines is 1.